The fourth-order valence-corrected chi connectivity index (χ4v) is 3.24. The van der Waals surface area contributed by atoms with Crippen molar-refractivity contribution in [3.63, 3.8) is 0 Å². The molecule has 5 heteroatoms. The number of amides is 1. The molecule has 2 saturated carbocycles. The molecule has 2 fully saturated rings. The standard InChI is InChI=1S/C15H24N4O/c1-15(7-3-4-12(15)16)14(20)19(11-5-6-11)10-13-17-8-9-18(13)2/h8-9,11-12H,3-7,10,16H2,1-2H3. The van der Waals surface area contributed by atoms with Crippen LogP contribution in [0.3, 0.4) is 0 Å². The molecule has 2 atom stereocenters. The molecule has 0 bridgehead atoms. The van der Waals surface area contributed by atoms with Gasteiger partial charge in [0.05, 0.1) is 12.0 Å². The zero-order valence-corrected chi connectivity index (χ0v) is 12.4. The van der Waals surface area contributed by atoms with Gasteiger partial charge in [-0.05, 0) is 32.6 Å². The average molecular weight is 276 g/mol. The van der Waals surface area contributed by atoms with E-state index in [-0.39, 0.29) is 17.4 Å². The lowest BCUT2D eigenvalue weighted by Gasteiger charge is -2.34. The van der Waals surface area contributed by atoms with E-state index in [9.17, 15) is 4.79 Å². The van der Waals surface area contributed by atoms with Gasteiger partial charge in [-0.1, -0.05) is 6.42 Å². The van der Waals surface area contributed by atoms with Gasteiger partial charge in [0.15, 0.2) is 0 Å². The second-order valence-electron chi connectivity index (χ2n) is 6.53. The van der Waals surface area contributed by atoms with Gasteiger partial charge in [-0.25, -0.2) is 4.98 Å². The lowest BCUT2D eigenvalue weighted by molar-refractivity contribution is -0.143. The minimum Gasteiger partial charge on any atom is -0.337 e. The van der Waals surface area contributed by atoms with Crippen molar-refractivity contribution in [1.82, 2.24) is 14.5 Å². The molecule has 2 aliphatic rings. The molecule has 2 aliphatic carbocycles. The van der Waals surface area contributed by atoms with Gasteiger partial charge in [-0.3, -0.25) is 4.79 Å². The Morgan fingerprint density at radius 1 is 1.55 bits per heavy atom. The van der Waals surface area contributed by atoms with Gasteiger partial charge < -0.3 is 15.2 Å². The number of carbonyl (C=O) groups excluding carboxylic acids is 1. The van der Waals surface area contributed by atoms with Crippen molar-refractivity contribution in [2.45, 2.75) is 57.7 Å². The van der Waals surface area contributed by atoms with E-state index < -0.39 is 0 Å². The van der Waals surface area contributed by atoms with Crippen LogP contribution in [0.2, 0.25) is 0 Å². The van der Waals surface area contributed by atoms with Crippen LogP contribution >= 0.6 is 0 Å². The number of nitrogens with zero attached hydrogens (tertiary/aromatic N) is 3. The lowest BCUT2D eigenvalue weighted by atomic mass is 9.83. The number of hydrogen-bond acceptors (Lipinski definition) is 3. The molecule has 0 saturated heterocycles. The van der Waals surface area contributed by atoms with Gasteiger partial charge >= 0.3 is 0 Å². The van der Waals surface area contributed by atoms with Crippen LogP contribution in [-0.4, -0.2) is 32.4 Å². The van der Waals surface area contributed by atoms with E-state index in [1.807, 2.05) is 29.6 Å². The molecule has 1 heterocycles. The van der Waals surface area contributed by atoms with Crippen LogP contribution in [0.15, 0.2) is 12.4 Å². The first-order valence-electron chi connectivity index (χ1n) is 7.55. The first-order chi connectivity index (χ1) is 9.52. The number of rotatable bonds is 4. The third kappa shape index (κ3) is 2.24. The van der Waals surface area contributed by atoms with Crippen molar-refractivity contribution in [2.75, 3.05) is 0 Å². The first-order valence-corrected chi connectivity index (χ1v) is 7.55. The zero-order chi connectivity index (χ0) is 14.3. The van der Waals surface area contributed by atoms with E-state index in [4.69, 9.17) is 5.73 Å². The van der Waals surface area contributed by atoms with Crippen molar-refractivity contribution in [2.24, 2.45) is 18.2 Å². The Bertz CT molecular complexity index is 508. The van der Waals surface area contributed by atoms with Crippen LogP contribution in [-0.2, 0) is 18.4 Å². The molecular formula is C15H24N4O. The Kier molecular flexibility index (Phi) is 3.32. The summed E-state index contributed by atoms with van der Waals surface area (Å²) >= 11 is 0. The van der Waals surface area contributed by atoms with Gasteiger partial charge in [0.1, 0.15) is 5.82 Å². The number of aryl methyl sites for hydroxylation is 1. The second kappa shape index (κ2) is 4.88. The van der Waals surface area contributed by atoms with Crippen LogP contribution in [0.5, 0.6) is 0 Å². The highest BCUT2D eigenvalue weighted by atomic mass is 16.2. The number of nitrogens with two attached hydrogens (primary N) is 1. The summed E-state index contributed by atoms with van der Waals surface area (Å²) in [6, 6.07) is 0.390. The second-order valence-corrected chi connectivity index (χ2v) is 6.53. The maximum atomic E-state index is 13.0. The summed E-state index contributed by atoms with van der Waals surface area (Å²) in [5.41, 5.74) is 5.83. The third-order valence-electron chi connectivity index (χ3n) is 5.00. The predicted octanol–water partition coefficient (Wildman–Crippen LogP) is 1.43. The van der Waals surface area contributed by atoms with Gasteiger partial charge in [-0.15, -0.1) is 0 Å². The van der Waals surface area contributed by atoms with E-state index in [0.717, 1.165) is 37.9 Å². The van der Waals surface area contributed by atoms with E-state index in [2.05, 4.69) is 4.98 Å². The predicted molar refractivity (Wildman–Crippen MR) is 76.7 cm³/mol. The van der Waals surface area contributed by atoms with Crippen molar-refractivity contribution >= 4 is 5.91 Å². The minimum absolute atomic E-state index is 0.00220. The Morgan fingerprint density at radius 2 is 2.30 bits per heavy atom. The summed E-state index contributed by atoms with van der Waals surface area (Å²) in [6.07, 6.45) is 8.87. The Labute approximate surface area is 120 Å². The molecule has 20 heavy (non-hydrogen) atoms. The molecule has 1 aromatic rings. The highest BCUT2D eigenvalue weighted by Crippen LogP contribution is 2.41. The molecule has 0 aromatic carbocycles. The summed E-state index contributed by atoms with van der Waals surface area (Å²) < 4.78 is 1.99. The Balaban J connectivity index is 1.80. The maximum absolute atomic E-state index is 13.0. The van der Waals surface area contributed by atoms with Crippen molar-refractivity contribution in [3.05, 3.63) is 18.2 Å². The zero-order valence-electron chi connectivity index (χ0n) is 12.4. The Morgan fingerprint density at radius 3 is 2.80 bits per heavy atom. The fraction of sp³-hybridized carbons (Fsp3) is 0.733. The lowest BCUT2D eigenvalue weighted by Crippen LogP contribution is -2.50. The molecular weight excluding hydrogens is 252 g/mol. The largest absolute Gasteiger partial charge is 0.337 e. The molecule has 0 spiro atoms. The van der Waals surface area contributed by atoms with Crippen molar-refractivity contribution in [3.8, 4) is 0 Å². The van der Waals surface area contributed by atoms with Gasteiger partial charge in [0, 0.05) is 31.5 Å². The van der Waals surface area contributed by atoms with Gasteiger partial charge in [-0.2, -0.15) is 0 Å². The topological polar surface area (TPSA) is 64.2 Å². The summed E-state index contributed by atoms with van der Waals surface area (Å²) in [7, 11) is 1.97. The van der Waals surface area contributed by atoms with Gasteiger partial charge in [0.25, 0.3) is 0 Å². The summed E-state index contributed by atoms with van der Waals surface area (Å²) in [6.45, 7) is 2.65. The maximum Gasteiger partial charge on any atom is 0.230 e. The van der Waals surface area contributed by atoms with Crippen LogP contribution < -0.4 is 5.73 Å². The van der Waals surface area contributed by atoms with Crippen LogP contribution in [0.25, 0.3) is 0 Å². The molecule has 2 unspecified atom stereocenters. The van der Waals surface area contributed by atoms with Crippen molar-refractivity contribution < 1.29 is 4.79 Å². The smallest absolute Gasteiger partial charge is 0.230 e. The molecule has 1 amide bonds. The molecule has 3 rings (SSSR count). The summed E-state index contributed by atoms with van der Waals surface area (Å²) in [5, 5.41) is 0. The van der Waals surface area contributed by atoms with Gasteiger partial charge in [0.2, 0.25) is 5.91 Å². The highest BCUT2D eigenvalue weighted by molar-refractivity contribution is 5.84. The quantitative estimate of drug-likeness (QED) is 0.904. The number of carbonyl (C=O) groups is 1. The molecule has 110 valence electrons. The normalized spacial score (nSPS) is 29.6. The van der Waals surface area contributed by atoms with E-state index >= 15 is 0 Å². The molecule has 0 radical (unpaired) electrons. The highest BCUT2D eigenvalue weighted by Gasteiger charge is 2.48. The van der Waals surface area contributed by atoms with E-state index in [1.165, 1.54) is 0 Å². The fourth-order valence-electron chi connectivity index (χ4n) is 3.24. The molecule has 0 aliphatic heterocycles. The SMILES string of the molecule is Cn1ccnc1CN(C(=O)C1(C)CCCC1N)C1CC1. The average Bonchev–Trinajstić information content (AvgIpc) is 3.10. The van der Waals surface area contributed by atoms with Crippen LogP contribution in [0, 0.1) is 5.41 Å². The van der Waals surface area contributed by atoms with E-state index in [1.54, 1.807) is 6.20 Å². The number of hydrogen-bond donors (Lipinski definition) is 1. The van der Waals surface area contributed by atoms with E-state index in [0.29, 0.717) is 12.6 Å². The monoisotopic (exact) mass is 276 g/mol. The van der Waals surface area contributed by atoms with Crippen LogP contribution in [0.1, 0.15) is 44.9 Å². The first kappa shape index (κ1) is 13.6. The van der Waals surface area contributed by atoms with Crippen LogP contribution in [0.4, 0.5) is 0 Å². The molecule has 1 aromatic heterocycles. The minimum atomic E-state index is -0.381. The van der Waals surface area contributed by atoms with Crippen molar-refractivity contribution in [1.29, 1.82) is 0 Å². The molecule has 5 nitrogen and oxygen atoms in total. The molecule has 2 N–H and O–H groups in total. The summed E-state index contributed by atoms with van der Waals surface area (Å²) in [5.74, 6) is 1.17. The Hall–Kier alpha value is -1.36. The number of imidazole rings is 1. The number of aromatic nitrogens is 2. The third-order valence-corrected chi connectivity index (χ3v) is 5.00. The summed E-state index contributed by atoms with van der Waals surface area (Å²) in [4.78, 5) is 19.4.